The number of benzene rings is 1. The maximum atomic E-state index is 14.5. The zero-order valence-electron chi connectivity index (χ0n) is 16.8. The number of carbonyl (C=O) groups excluding carboxylic acids is 2. The fourth-order valence-corrected chi connectivity index (χ4v) is 3.54. The molecule has 1 aliphatic rings. The third-order valence-electron chi connectivity index (χ3n) is 5.13. The number of likely N-dealkylation sites (tertiary alicyclic amines) is 1. The lowest BCUT2D eigenvalue weighted by atomic mass is 10.1. The summed E-state index contributed by atoms with van der Waals surface area (Å²) < 4.78 is 15.8. The summed E-state index contributed by atoms with van der Waals surface area (Å²) >= 11 is 0. The van der Waals surface area contributed by atoms with Crippen LogP contribution in [0.4, 0.5) is 10.1 Å². The number of likely N-dealkylation sites (N-methyl/N-ethyl adjacent to an activating group) is 1. The summed E-state index contributed by atoms with van der Waals surface area (Å²) in [4.78, 5) is 39.8. The van der Waals surface area contributed by atoms with E-state index in [1.807, 2.05) is 4.90 Å². The van der Waals surface area contributed by atoms with Crippen LogP contribution in [0.2, 0.25) is 0 Å². The summed E-state index contributed by atoms with van der Waals surface area (Å²) in [7, 11) is 1.64. The molecule has 2 amide bonds. The Labute approximate surface area is 173 Å². The fraction of sp³-hybridized carbons (Fsp3) is 0.381. The van der Waals surface area contributed by atoms with E-state index in [1.54, 1.807) is 31.4 Å². The number of halogens is 1. The zero-order valence-corrected chi connectivity index (χ0v) is 16.8. The predicted molar refractivity (Wildman–Crippen MR) is 110 cm³/mol. The smallest absolute Gasteiger partial charge is 0.255 e. The number of nitrogens with one attached hydrogen (secondary N) is 1. The highest BCUT2D eigenvalue weighted by Gasteiger charge is 2.31. The molecule has 1 aromatic heterocycles. The van der Waals surface area contributed by atoms with Gasteiger partial charge < -0.3 is 15.3 Å². The van der Waals surface area contributed by atoms with Gasteiger partial charge in [-0.2, -0.15) is 0 Å². The molecule has 8 nitrogen and oxygen atoms in total. The molecule has 0 bridgehead atoms. The van der Waals surface area contributed by atoms with E-state index in [4.69, 9.17) is 5.11 Å². The number of aliphatic hydroxyl groups excluding tert-OH is 1. The molecular formula is C21H25FN4O4. The Balaban J connectivity index is 1.57. The van der Waals surface area contributed by atoms with Crippen molar-refractivity contribution >= 4 is 17.5 Å². The number of nitrogens with zero attached hydrogens (tertiary/aromatic N) is 3. The Morgan fingerprint density at radius 1 is 1.30 bits per heavy atom. The third kappa shape index (κ3) is 5.11. The number of rotatable bonds is 7. The number of pyridine rings is 1. The quantitative estimate of drug-likeness (QED) is 0.693. The molecule has 1 atom stereocenters. The van der Waals surface area contributed by atoms with Crippen LogP contribution in [0.25, 0.3) is 5.69 Å². The molecule has 3 rings (SSSR count). The Morgan fingerprint density at radius 3 is 2.80 bits per heavy atom. The van der Waals surface area contributed by atoms with E-state index in [2.05, 4.69) is 5.32 Å². The number of aliphatic hydroxyl groups is 1. The average molecular weight is 416 g/mol. The molecule has 0 spiro atoms. The second-order valence-corrected chi connectivity index (χ2v) is 7.33. The summed E-state index contributed by atoms with van der Waals surface area (Å²) in [5.41, 5.74) is 0.114. The normalized spacial score (nSPS) is 16.4. The van der Waals surface area contributed by atoms with Crippen molar-refractivity contribution in [1.29, 1.82) is 0 Å². The first kappa shape index (κ1) is 21.7. The lowest BCUT2D eigenvalue weighted by molar-refractivity contribution is -0.134. The van der Waals surface area contributed by atoms with Gasteiger partial charge in [-0.25, -0.2) is 4.39 Å². The predicted octanol–water partition coefficient (Wildman–Crippen LogP) is 0.688. The molecule has 1 aliphatic heterocycles. The van der Waals surface area contributed by atoms with Gasteiger partial charge in [-0.05, 0) is 31.2 Å². The van der Waals surface area contributed by atoms with E-state index < -0.39 is 5.82 Å². The molecule has 2 aromatic rings. The van der Waals surface area contributed by atoms with Gasteiger partial charge in [-0.1, -0.05) is 6.07 Å². The average Bonchev–Trinajstić information content (AvgIpc) is 3.17. The van der Waals surface area contributed by atoms with Crippen LogP contribution in [-0.4, -0.2) is 71.1 Å². The maximum absolute atomic E-state index is 14.5. The number of anilines is 1. The van der Waals surface area contributed by atoms with Crippen LogP contribution in [0.3, 0.4) is 0 Å². The lowest BCUT2D eigenvalue weighted by Gasteiger charge is -2.20. The molecule has 2 N–H and O–H groups in total. The van der Waals surface area contributed by atoms with Crippen LogP contribution in [0.1, 0.15) is 6.42 Å². The minimum atomic E-state index is -0.642. The largest absolute Gasteiger partial charge is 0.395 e. The second kappa shape index (κ2) is 9.64. The van der Waals surface area contributed by atoms with E-state index in [-0.39, 0.29) is 48.7 Å². The molecule has 0 radical (unpaired) electrons. The van der Waals surface area contributed by atoms with Gasteiger partial charge in [0, 0.05) is 38.5 Å². The van der Waals surface area contributed by atoms with Crippen LogP contribution in [0, 0.1) is 11.7 Å². The molecule has 9 heteroatoms. The van der Waals surface area contributed by atoms with Crippen molar-refractivity contribution < 1.29 is 19.1 Å². The van der Waals surface area contributed by atoms with Crippen molar-refractivity contribution in [2.75, 3.05) is 45.2 Å². The monoisotopic (exact) mass is 416 g/mol. The maximum Gasteiger partial charge on any atom is 0.255 e. The first-order valence-electron chi connectivity index (χ1n) is 9.74. The third-order valence-corrected chi connectivity index (χ3v) is 5.13. The lowest BCUT2D eigenvalue weighted by Crippen LogP contribution is -2.37. The van der Waals surface area contributed by atoms with E-state index in [1.165, 1.54) is 27.7 Å². The molecular weight excluding hydrogens is 391 g/mol. The molecule has 1 unspecified atom stereocenters. The molecule has 0 aliphatic carbocycles. The number of hydrogen-bond acceptors (Lipinski definition) is 5. The van der Waals surface area contributed by atoms with Gasteiger partial charge in [0.15, 0.2) is 0 Å². The van der Waals surface area contributed by atoms with Crippen LogP contribution in [-0.2, 0) is 9.59 Å². The summed E-state index contributed by atoms with van der Waals surface area (Å²) in [6.07, 6.45) is 2.18. The SMILES string of the molecule is CN(CCO)C(=O)C1CCN(CC(=O)Nc2ccc(-n3ccccc3=O)cc2F)C1. The summed E-state index contributed by atoms with van der Waals surface area (Å²) in [6.45, 7) is 1.27. The van der Waals surface area contributed by atoms with Crippen LogP contribution in [0.5, 0.6) is 0 Å². The first-order chi connectivity index (χ1) is 14.4. The molecule has 2 heterocycles. The van der Waals surface area contributed by atoms with Gasteiger partial charge in [-0.15, -0.1) is 0 Å². The summed E-state index contributed by atoms with van der Waals surface area (Å²) in [6, 6.07) is 8.82. The molecule has 1 saturated heterocycles. The molecule has 1 aromatic carbocycles. The van der Waals surface area contributed by atoms with Gasteiger partial charge in [0.1, 0.15) is 5.82 Å². The minimum Gasteiger partial charge on any atom is -0.395 e. The molecule has 30 heavy (non-hydrogen) atoms. The van der Waals surface area contributed by atoms with Crippen molar-refractivity contribution in [1.82, 2.24) is 14.4 Å². The molecule has 1 fully saturated rings. The Bertz CT molecular complexity index is 977. The number of aromatic nitrogens is 1. The standard InChI is InChI=1S/C21H25FN4O4/c1-24(10-11-27)21(30)15-7-9-25(13-15)14-19(28)23-18-6-5-16(12-17(18)22)26-8-3-2-4-20(26)29/h2-6,8,12,15,27H,7,9-11,13-14H2,1H3,(H,23,28). The number of carbonyl (C=O) groups is 2. The number of amides is 2. The Morgan fingerprint density at radius 2 is 2.10 bits per heavy atom. The topological polar surface area (TPSA) is 94.9 Å². The van der Waals surface area contributed by atoms with Crippen molar-refractivity contribution in [3.63, 3.8) is 0 Å². The van der Waals surface area contributed by atoms with Crippen LogP contribution < -0.4 is 10.9 Å². The molecule has 160 valence electrons. The van der Waals surface area contributed by atoms with Crippen LogP contribution in [0.15, 0.2) is 47.4 Å². The highest BCUT2D eigenvalue weighted by Crippen LogP contribution is 2.20. The van der Waals surface area contributed by atoms with Crippen molar-refractivity contribution in [2.45, 2.75) is 6.42 Å². The van der Waals surface area contributed by atoms with E-state index >= 15 is 0 Å². The summed E-state index contributed by atoms with van der Waals surface area (Å²) in [5, 5.41) is 11.5. The fourth-order valence-electron chi connectivity index (χ4n) is 3.54. The van der Waals surface area contributed by atoms with Crippen molar-refractivity contribution in [3.8, 4) is 5.69 Å². The van der Waals surface area contributed by atoms with E-state index in [0.717, 1.165) is 0 Å². The zero-order chi connectivity index (χ0) is 21.7. The van der Waals surface area contributed by atoms with Gasteiger partial charge >= 0.3 is 0 Å². The van der Waals surface area contributed by atoms with Gasteiger partial charge in [0.2, 0.25) is 11.8 Å². The Hall–Kier alpha value is -3.04. The van der Waals surface area contributed by atoms with E-state index in [0.29, 0.717) is 25.2 Å². The molecule has 0 saturated carbocycles. The number of hydrogen-bond donors (Lipinski definition) is 2. The van der Waals surface area contributed by atoms with E-state index in [9.17, 15) is 18.8 Å². The minimum absolute atomic E-state index is 0.0298. The van der Waals surface area contributed by atoms with Gasteiger partial charge in [0.25, 0.3) is 5.56 Å². The second-order valence-electron chi connectivity index (χ2n) is 7.33. The highest BCUT2D eigenvalue weighted by molar-refractivity contribution is 5.92. The first-order valence-corrected chi connectivity index (χ1v) is 9.74. The van der Waals surface area contributed by atoms with Crippen molar-refractivity contribution in [2.24, 2.45) is 5.92 Å². The van der Waals surface area contributed by atoms with Crippen LogP contribution >= 0.6 is 0 Å². The summed E-state index contributed by atoms with van der Waals surface area (Å²) in [5.74, 6) is -1.29. The van der Waals surface area contributed by atoms with Gasteiger partial charge in [-0.3, -0.25) is 23.9 Å². The van der Waals surface area contributed by atoms with Crippen molar-refractivity contribution in [3.05, 3.63) is 58.8 Å². The highest BCUT2D eigenvalue weighted by atomic mass is 19.1. The Kier molecular flexibility index (Phi) is 6.96. The van der Waals surface area contributed by atoms with Gasteiger partial charge in [0.05, 0.1) is 30.4 Å².